The summed E-state index contributed by atoms with van der Waals surface area (Å²) in [5, 5.41) is 2.99. The lowest BCUT2D eigenvalue weighted by Gasteiger charge is -2.35. The Morgan fingerprint density at radius 1 is 1.23 bits per heavy atom. The molecule has 1 aliphatic rings. The number of rotatable bonds is 5. The lowest BCUT2D eigenvalue weighted by atomic mass is 9.96. The first-order valence-corrected chi connectivity index (χ1v) is 11.4. The van der Waals surface area contributed by atoms with Crippen molar-refractivity contribution in [1.29, 1.82) is 0 Å². The summed E-state index contributed by atoms with van der Waals surface area (Å²) in [6, 6.07) is 4.27. The maximum atomic E-state index is 15.0. The molecule has 11 heteroatoms. The van der Waals surface area contributed by atoms with Crippen LogP contribution in [0.1, 0.15) is 34.1 Å². The lowest BCUT2D eigenvalue weighted by molar-refractivity contribution is 0.283. The van der Waals surface area contributed by atoms with Crippen molar-refractivity contribution < 1.29 is 21.6 Å². The van der Waals surface area contributed by atoms with Gasteiger partial charge >= 0.3 is 0 Å². The summed E-state index contributed by atoms with van der Waals surface area (Å²) >= 11 is 6.14. The number of anilines is 2. The molecule has 1 fully saturated rings. The van der Waals surface area contributed by atoms with Crippen LogP contribution < -0.4 is 14.9 Å². The Kier molecular flexibility index (Phi) is 6.20. The normalized spacial score (nSPS) is 19.7. The Morgan fingerprint density at radius 2 is 1.90 bits per heavy atom. The van der Waals surface area contributed by atoms with Gasteiger partial charge in [-0.2, -0.15) is 4.39 Å². The van der Waals surface area contributed by atoms with Crippen LogP contribution >= 0.6 is 11.6 Å². The van der Waals surface area contributed by atoms with Gasteiger partial charge in [0.15, 0.2) is 10.7 Å². The SMILES string of the molecule is CC(C)(C)NC1(C)CCN(c2cc(F)c(S(=O)(=O)Nc3cccc(F)n3)c(F)c2Cl)C1. The molecule has 6 nitrogen and oxygen atoms in total. The van der Waals surface area contributed by atoms with Crippen LogP contribution in [0.4, 0.5) is 24.7 Å². The first-order valence-electron chi connectivity index (χ1n) is 9.58. The number of aromatic nitrogens is 1. The van der Waals surface area contributed by atoms with Gasteiger partial charge in [-0.25, -0.2) is 22.2 Å². The number of nitrogens with zero attached hydrogens (tertiary/aromatic N) is 2. The molecule has 2 aromatic rings. The summed E-state index contributed by atoms with van der Waals surface area (Å²) in [5.74, 6) is -4.09. The van der Waals surface area contributed by atoms with Crippen molar-refractivity contribution in [3.63, 3.8) is 0 Å². The summed E-state index contributed by atoms with van der Waals surface area (Å²) in [7, 11) is -4.75. The van der Waals surface area contributed by atoms with Gasteiger partial charge in [-0.3, -0.25) is 4.72 Å². The van der Waals surface area contributed by atoms with E-state index in [0.717, 1.165) is 18.2 Å². The zero-order valence-corrected chi connectivity index (χ0v) is 19.1. The van der Waals surface area contributed by atoms with Crippen molar-refractivity contribution in [3.05, 3.63) is 46.9 Å². The molecule has 0 saturated carbocycles. The number of hydrogen-bond acceptors (Lipinski definition) is 5. The smallest absolute Gasteiger partial charge is 0.268 e. The molecular formula is C20H24ClF3N4O2S. The van der Waals surface area contributed by atoms with Gasteiger partial charge in [0.2, 0.25) is 5.95 Å². The van der Waals surface area contributed by atoms with Gasteiger partial charge in [0.25, 0.3) is 10.0 Å². The lowest BCUT2D eigenvalue weighted by Crippen LogP contribution is -2.53. The van der Waals surface area contributed by atoms with Crippen LogP contribution in [-0.2, 0) is 10.0 Å². The van der Waals surface area contributed by atoms with Crippen LogP contribution in [0.3, 0.4) is 0 Å². The van der Waals surface area contributed by atoms with Crippen LogP contribution in [0.25, 0.3) is 0 Å². The molecule has 2 N–H and O–H groups in total. The van der Waals surface area contributed by atoms with Gasteiger partial charge in [0.1, 0.15) is 16.7 Å². The summed E-state index contributed by atoms with van der Waals surface area (Å²) in [6.07, 6.45) is 0.705. The predicted molar refractivity (Wildman–Crippen MR) is 114 cm³/mol. The molecule has 2 heterocycles. The first-order chi connectivity index (χ1) is 14.2. The molecule has 3 rings (SSSR count). The molecule has 1 unspecified atom stereocenters. The molecule has 0 aliphatic carbocycles. The maximum absolute atomic E-state index is 15.0. The Hall–Kier alpha value is -2.04. The minimum Gasteiger partial charge on any atom is -0.368 e. The molecule has 0 radical (unpaired) electrons. The fourth-order valence-corrected chi connectivity index (χ4v) is 5.34. The van der Waals surface area contributed by atoms with Crippen LogP contribution in [0.2, 0.25) is 5.02 Å². The third-order valence-electron chi connectivity index (χ3n) is 4.81. The average molecular weight is 477 g/mol. The standard InChI is InChI=1S/C20H24ClF3N4O2S/c1-19(2,3)27-20(4)8-9-28(11-20)13-10-12(22)18(17(24)16(13)21)31(29,30)26-15-7-5-6-14(23)25-15/h5-7,10,27H,8-9,11H2,1-4H3,(H,25,26). The third-order valence-corrected chi connectivity index (χ3v) is 6.56. The van der Waals surface area contributed by atoms with Crippen LogP contribution in [0, 0.1) is 17.6 Å². The number of halogens is 4. The summed E-state index contributed by atoms with van der Waals surface area (Å²) in [6.45, 7) is 8.98. The van der Waals surface area contributed by atoms with Gasteiger partial charge in [-0.1, -0.05) is 17.7 Å². The molecule has 31 heavy (non-hydrogen) atoms. The topological polar surface area (TPSA) is 74.3 Å². The van der Waals surface area contributed by atoms with E-state index in [1.165, 1.54) is 6.07 Å². The third kappa shape index (κ3) is 5.24. The molecule has 0 bridgehead atoms. The van der Waals surface area contributed by atoms with Crippen molar-refractivity contribution in [2.75, 3.05) is 22.7 Å². The van der Waals surface area contributed by atoms with Crippen molar-refractivity contribution in [2.45, 2.75) is 50.1 Å². The molecule has 1 atom stereocenters. The van der Waals surface area contributed by atoms with Gasteiger partial charge in [0.05, 0.1) is 5.69 Å². The molecule has 1 saturated heterocycles. The van der Waals surface area contributed by atoms with E-state index in [1.807, 2.05) is 32.4 Å². The predicted octanol–water partition coefficient (Wildman–Crippen LogP) is 4.31. The Morgan fingerprint density at radius 3 is 2.52 bits per heavy atom. The van der Waals surface area contributed by atoms with Crippen LogP contribution in [-0.4, -0.2) is 37.6 Å². The quantitative estimate of drug-likeness (QED) is 0.497. The molecule has 0 amide bonds. The highest BCUT2D eigenvalue weighted by molar-refractivity contribution is 7.92. The first kappa shape index (κ1) is 23.6. The second-order valence-corrected chi connectivity index (χ2v) is 10.9. The van der Waals surface area contributed by atoms with Crippen LogP contribution in [0.5, 0.6) is 0 Å². The van der Waals surface area contributed by atoms with Gasteiger partial charge in [0, 0.05) is 30.2 Å². The number of sulfonamides is 1. The van der Waals surface area contributed by atoms with E-state index in [4.69, 9.17) is 11.6 Å². The van der Waals surface area contributed by atoms with Crippen molar-refractivity contribution in [2.24, 2.45) is 0 Å². The summed E-state index contributed by atoms with van der Waals surface area (Å²) < 4.78 is 70.1. The van der Waals surface area contributed by atoms with E-state index in [-0.39, 0.29) is 16.8 Å². The second-order valence-electron chi connectivity index (χ2n) is 8.89. The molecule has 1 aromatic carbocycles. The minimum absolute atomic E-state index is 0.0685. The zero-order chi connectivity index (χ0) is 23.2. The number of hydrogen-bond donors (Lipinski definition) is 2. The van der Waals surface area contributed by atoms with Crippen molar-refractivity contribution >= 4 is 33.1 Å². The molecule has 1 aromatic heterocycles. The summed E-state index contributed by atoms with van der Waals surface area (Å²) in [5.41, 5.74) is -0.414. The monoisotopic (exact) mass is 476 g/mol. The number of nitrogens with one attached hydrogen (secondary N) is 2. The fraction of sp³-hybridized carbons (Fsp3) is 0.450. The number of pyridine rings is 1. The number of benzene rings is 1. The molecule has 1 aliphatic heterocycles. The van der Waals surface area contributed by atoms with E-state index in [2.05, 4.69) is 10.3 Å². The highest BCUT2D eigenvalue weighted by atomic mass is 35.5. The largest absolute Gasteiger partial charge is 0.368 e. The fourth-order valence-electron chi connectivity index (χ4n) is 3.87. The Bertz CT molecular complexity index is 1110. The molecule has 170 valence electrons. The maximum Gasteiger partial charge on any atom is 0.268 e. The Balaban J connectivity index is 1.93. The second kappa shape index (κ2) is 8.14. The molecular weight excluding hydrogens is 453 g/mol. The van der Waals surface area contributed by atoms with Crippen molar-refractivity contribution in [3.8, 4) is 0 Å². The molecule has 0 spiro atoms. The Labute approximate surface area is 184 Å². The van der Waals surface area contributed by atoms with E-state index in [0.29, 0.717) is 19.5 Å². The highest BCUT2D eigenvalue weighted by Crippen LogP contribution is 2.38. The van der Waals surface area contributed by atoms with Gasteiger partial charge in [-0.05, 0) is 46.2 Å². The van der Waals surface area contributed by atoms with Crippen LogP contribution in [0.15, 0.2) is 29.2 Å². The van der Waals surface area contributed by atoms with E-state index >= 15 is 0 Å². The van der Waals surface area contributed by atoms with E-state index < -0.39 is 43.3 Å². The highest BCUT2D eigenvalue weighted by Gasteiger charge is 2.38. The summed E-state index contributed by atoms with van der Waals surface area (Å²) in [4.78, 5) is 3.81. The van der Waals surface area contributed by atoms with E-state index in [1.54, 1.807) is 4.90 Å². The minimum atomic E-state index is -4.75. The van der Waals surface area contributed by atoms with Crippen molar-refractivity contribution in [1.82, 2.24) is 10.3 Å². The van der Waals surface area contributed by atoms with Gasteiger partial charge in [-0.15, -0.1) is 0 Å². The average Bonchev–Trinajstić information content (AvgIpc) is 2.97. The zero-order valence-electron chi connectivity index (χ0n) is 17.6. The van der Waals surface area contributed by atoms with E-state index in [9.17, 15) is 21.6 Å². The van der Waals surface area contributed by atoms with Gasteiger partial charge < -0.3 is 10.2 Å².